The summed E-state index contributed by atoms with van der Waals surface area (Å²) in [5.74, 6) is 2.74. The first kappa shape index (κ1) is 26.4. The average Bonchev–Trinajstić information content (AvgIpc) is 3.12. The van der Waals surface area contributed by atoms with E-state index in [0.29, 0.717) is 18.2 Å². The quantitative estimate of drug-likeness (QED) is 0.164. The summed E-state index contributed by atoms with van der Waals surface area (Å²) >= 11 is 0. The maximum atomic E-state index is 5.79. The number of hydrogen-bond donors (Lipinski definition) is 2. The molecule has 2 N–H and O–H groups in total. The first-order valence-corrected chi connectivity index (χ1v) is 10.9. The van der Waals surface area contributed by atoms with Gasteiger partial charge in [0.05, 0.1) is 19.3 Å². The number of aromatic nitrogens is 3. The molecule has 3 aromatic rings. The van der Waals surface area contributed by atoms with Gasteiger partial charge in [0.2, 0.25) is 5.88 Å². The molecule has 0 fully saturated rings. The Bertz CT molecular complexity index is 1020. The summed E-state index contributed by atoms with van der Waals surface area (Å²) in [6, 6.07) is 13.4. The molecule has 1 aromatic carbocycles. The van der Waals surface area contributed by atoms with Gasteiger partial charge >= 0.3 is 0 Å². The molecule has 0 radical (unpaired) electrons. The molecule has 9 heteroatoms. The predicted molar refractivity (Wildman–Crippen MR) is 142 cm³/mol. The van der Waals surface area contributed by atoms with Crippen LogP contribution in [-0.4, -0.2) is 40.9 Å². The maximum Gasteiger partial charge on any atom is 0.219 e. The lowest BCUT2D eigenvalue weighted by molar-refractivity contribution is 0.407. The van der Waals surface area contributed by atoms with Crippen LogP contribution >= 0.6 is 24.0 Å². The van der Waals surface area contributed by atoms with Crippen molar-refractivity contribution in [2.45, 2.75) is 40.3 Å². The van der Waals surface area contributed by atoms with Gasteiger partial charge in [0.25, 0.3) is 0 Å². The summed E-state index contributed by atoms with van der Waals surface area (Å²) in [5.41, 5.74) is 3.25. The van der Waals surface area contributed by atoms with Crippen LogP contribution in [0.25, 0.3) is 0 Å². The van der Waals surface area contributed by atoms with Crippen molar-refractivity contribution < 1.29 is 9.47 Å². The lowest BCUT2D eigenvalue weighted by Crippen LogP contribution is -2.38. The summed E-state index contributed by atoms with van der Waals surface area (Å²) < 4.78 is 13.1. The van der Waals surface area contributed by atoms with Crippen LogP contribution in [0.4, 0.5) is 0 Å². The minimum atomic E-state index is 0. The molecule has 3 rings (SSSR count). The van der Waals surface area contributed by atoms with E-state index in [2.05, 4.69) is 45.6 Å². The fraction of sp³-hybridized carbons (Fsp3) is 0.375. The Kier molecular flexibility index (Phi) is 10.9. The number of nitrogens with one attached hydrogen (secondary N) is 2. The van der Waals surface area contributed by atoms with Crippen LogP contribution in [0.15, 0.2) is 53.7 Å². The standard InChI is InChI=1S/C24H32N6O2.HI/c1-5-25-24(26-12-7-13-30-19(3)14-18(2)29-30)28-17-20-10-11-23(27-16-20)32-22-9-6-8-21(15-22)31-4;/h6,8-11,14-16H,5,7,12-13,17H2,1-4H3,(H2,25,26,28);1H. The molecule has 0 atom stereocenters. The van der Waals surface area contributed by atoms with Crippen molar-refractivity contribution in [3.63, 3.8) is 0 Å². The number of ether oxygens (including phenoxy) is 2. The molecule has 2 aromatic heterocycles. The van der Waals surface area contributed by atoms with Crippen molar-refractivity contribution in [1.82, 2.24) is 25.4 Å². The third-order valence-electron chi connectivity index (χ3n) is 4.77. The molecule has 0 aliphatic heterocycles. The van der Waals surface area contributed by atoms with Crippen molar-refractivity contribution >= 4 is 29.9 Å². The van der Waals surface area contributed by atoms with Crippen LogP contribution in [0.2, 0.25) is 0 Å². The van der Waals surface area contributed by atoms with Crippen molar-refractivity contribution in [3.8, 4) is 17.4 Å². The maximum absolute atomic E-state index is 5.79. The highest BCUT2D eigenvalue weighted by atomic mass is 127. The molecule has 0 aliphatic rings. The molecular formula is C24H33IN6O2. The highest BCUT2D eigenvalue weighted by Crippen LogP contribution is 2.23. The number of benzene rings is 1. The number of hydrogen-bond acceptors (Lipinski definition) is 5. The van der Waals surface area contributed by atoms with E-state index >= 15 is 0 Å². The minimum absolute atomic E-state index is 0. The Balaban J connectivity index is 0.00000385. The number of nitrogens with zero attached hydrogens (tertiary/aromatic N) is 4. The predicted octanol–water partition coefficient (Wildman–Crippen LogP) is 4.46. The second kappa shape index (κ2) is 13.7. The molecule has 0 saturated heterocycles. The third kappa shape index (κ3) is 8.56. The Morgan fingerprint density at radius 2 is 1.91 bits per heavy atom. The van der Waals surface area contributed by atoms with Crippen molar-refractivity contribution in [2.75, 3.05) is 20.2 Å². The number of aryl methyl sites for hydroxylation is 3. The minimum Gasteiger partial charge on any atom is -0.497 e. The van der Waals surface area contributed by atoms with E-state index in [1.807, 2.05) is 48.0 Å². The van der Waals surface area contributed by atoms with Crippen molar-refractivity contribution in [1.29, 1.82) is 0 Å². The number of guanidine groups is 1. The zero-order chi connectivity index (χ0) is 22.8. The van der Waals surface area contributed by atoms with E-state index in [9.17, 15) is 0 Å². The van der Waals surface area contributed by atoms with E-state index in [0.717, 1.165) is 49.0 Å². The van der Waals surface area contributed by atoms with Crippen LogP contribution in [-0.2, 0) is 13.1 Å². The van der Waals surface area contributed by atoms with E-state index < -0.39 is 0 Å². The first-order chi connectivity index (χ1) is 15.6. The normalized spacial score (nSPS) is 11.0. The first-order valence-electron chi connectivity index (χ1n) is 10.9. The molecule has 0 spiro atoms. The number of methoxy groups -OCH3 is 1. The van der Waals surface area contributed by atoms with Gasteiger partial charge < -0.3 is 20.1 Å². The summed E-state index contributed by atoms with van der Waals surface area (Å²) in [6.07, 6.45) is 2.75. The lowest BCUT2D eigenvalue weighted by Gasteiger charge is -2.12. The van der Waals surface area contributed by atoms with Gasteiger partial charge in [-0.3, -0.25) is 4.68 Å². The molecule has 33 heavy (non-hydrogen) atoms. The Hall–Kier alpha value is -2.82. The Morgan fingerprint density at radius 1 is 1.09 bits per heavy atom. The molecular weight excluding hydrogens is 531 g/mol. The number of halogens is 1. The molecule has 0 unspecified atom stereocenters. The Labute approximate surface area is 212 Å². The van der Waals surface area contributed by atoms with Gasteiger partial charge in [-0.05, 0) is 51.0 Å². The summed E-state index contributed by atoms with van der Waals surface area (Å²) in [4.78, 5) is 9.05. The van der Waals surface area contributed by atoms with Gasteiger partial charge in [-0.15, -0.1) is 24.0 Å². The molecule has 8 nitrogen and oxygen atoms in total. The highest BCUT2D eigenvalue weighted by molar-refractivity contribution is 14.0. The summed E-state index contributed by atoms with van der Waals surface area (Å²) in [5, 5.41) is 11.2. The smallest absolute Gasteiger partial charge is 0.219 e. The van der Waals surface area contributed by atoms with Crippen molar-refractivity contribution in [2.24, 2.45) is 4.99 Å². The van der Waals surface area contributed by atoms with Crippen LogP contribution < -0.4 is 20.1 Å². The van der Waals surface area contributed by atoms with Gasteiger partial charge in [-0.25, -0.2) is 9.98 Å². The van der Waals surface area contributed by atoms with E-state index in [1.165, 1.54) is 5.69 Å². The van der Waals surface area contributed by atoms with Crippen LogP contribution in [0, 0.1) is 13.8 Å². The van der Waals surface area contributed by atoms with Gasteiger partial charge in [-0.1, -0.05) is 12.1 Å². The van der Waals surface area contributed by atoms with Crippen LogP contribution in [0.5, 0.6) is 17.4 Å². The van der Waals surface area contributed by atoms with Crippen molar-refractivity contribution in [3.05, 3.63) is 65.6 Å². The number of aliphatic imine (C=N–C) groups is 1. The van der Waals surface area contributed by atoms with Crippen LogP contribution in [0.3, 0.4) is 0 Å². The van der Waals surface area contributed by atoms with Gasteiger partial charge in [-0.2, -0.15) is 5.10 Å². The molecule has 0 amide bonds. The zero-order valence-corrected chi connectivity index (χ0v) is 22.0. The number of rotatable bonds is 10. The highest BCUT2D eigenvalue weighted by Gasteiger charge is 2.03. The van der Waals surface area contributed by atoms with E-state index in [1.54, 1.807) is 13.3 Å². The molecule has 0 bridgehead atoms. The summed E-state index contributed by atoms with van der Waals surface area (Å²) in [7, 11) is 1.63. The van der Waals surface area contributed by atoms with Gasteiger partial charge in [0.15, 0.2) is 5.96 Å². The van der Waals surface area contributed by atoms with Crippen LogP contribution in [0.1, 0.15) is 30.3 Å². The lowest BCUT2D eigenvalue weighted by atomic mass is 10.3. The largest absolute Gasteiger partial charge is 0.497 e. The van der Waals surface area contributed by atoms with E-state index in [-0.39, 0.29) is 24.0 Å². The zero-order valence-electron chi connectivity index (χ0n) is 19.7. The fourth-order valence-corrected chi connectivity index (χ4v) is 3.20. The topological polar surface area (TPSA) is 85.6 Å². The monoisotopic (exact) mass is 564 g/mol. The second-order valence-corrected chi connectivity index (χ2v) is 7.41. The molecule has 2 heterocycles. The average molecular weight is 564 g/mol. The van der Waals surface area contributed by atoms with E-state index in [4.69, 9.17) is 9.47 Å². The fourth-order valence-electron chi connectivity index (χ4n) is 3.20. The molecule has 0 aliphatic carbocycles. The van der Waals surface area contributed by atoms with Gasteiger partial charge in [0, 0.05) is 43.7 Å². The molecule has 0 saturated carbocycles. The SMILES string of the molecule is CCNC(=NCc1ccc(Oc2cccc(OC)c2)nc1)NCCCn1nc(C)cc1C.I. The Morgan fingerprint density at radius 3 is 2.58 bits per heavy atom. The number of pyridine rings is 1. The second-order valence-electron chi connectivity index (χ2n) is 7.41. The molecule has 178 valence electrons. The van der Waals surface area contributed by atoms with Gasteiger partial charge in [0.1, 0.15) is 11.5 Å². The summed E-state index contributed by atoms with van der Waals surface area (Å²) in [6.45, 7) is 9.18. The third-order valence-corrected chi connectivity index (χ3v) is 4.77.